The van der Waals surface area contributed by atoms with Crippen LogP contribution in [-0.4, -0.2) is 16.0 Å². The minimum Gasteiger partial charge on any atom is -0.507 e. The maximum absolute atomic E-state index is 12.7. The van der Waals surface area contributed by atoms with Crippen LogP contribution >= 0.6 is 23.2 Å². The fraction of sp³-hybridized carbons (Fsp3) is 0.0769. The van der Waals surface area contributed by atoms with Crippen LogP contribution < -0.4 is 5.32 Å². The van der Waals surface area contributed by atoms with Gasteiger partial charge < -0.3 is 19.3 Å². The number of amides is 1. The number of aromatic nitrogens is 1. The highest BCUT2D eigenvalue weighted by atomic mass is 35.5. The van der Waals surface area contributed by atoms with Crippen LogP contribution in [0.5, 0.6) is 5.75 Å². The van der Waals surface area contributed by atoms with Crippen molar-refractivity contribution in [2.75, 3.05) is 5.32 Å². The summed E-state index contributed by atoms with van der Waals surface area (Å²) >= 11 is 12.2. The van der Waals surface area contributed by atoms with Gasteiger partial charge in [0.05, 0.1) is 10.6 Å². The van der Waals surface area contributed by atoms with E-state index in [0.717, 1.165) is 16.6 Å². The summed E-state index contributed by atoms with van der Waals surface area (Å²) in [5.41, 5.74) is 4.86. The van der Waals surface area contributed by atoms with E-state index in [0.29, 0.717) is 44.1 Å². The van der Waals surface area contributed by atoms with Crippen molar-refractivity contribution in [3.05, 3.63) is 87.6 Å². The molecule has 0 unspecified atom stereocenters. The van der Waals surface area contributed by atoms with E-state index in [1.54, 1.807) is 42.5 Å². The lowest BCUT2D eigenvalue weighted by atomic mass is 10.1. The van der Waals surface area contributed by atoms with E-state index in [4.69, 9.17) is 32.0 Å². The molecule has 170 valence electrons. The molecule has 0 fully saturated rings. The van der Waals surface area contributed by atoms with Crippen LogP contribution in [0.3, 0.4) is 0 Å². The number of carbonyl (C=O) groups excluding carboxylic acids is 1. The fourth-order valence-electron chi connectivity index (χ4n) is 3.77. The Bertz CT molecular complexity index is 1570. The third-order valence-corrected chi connectivity index (χ3v) is 5.88. The number of benzene rings is 3. The van der Waals surface area contributed by atoms with Crippen molar-refractivity contribution in [1.82, 2.24) is 4.98 Å². The lowest BCUT2D eigenvalue weighted by Gasteiger charge is -2.06. The van der Waals surface area contributed by atoms with Crippen molar-refractivity contribution in [1.29, 1.82) is 0 Å². The number of rotatable bonds is 4. The van der Waals surface area contributed by atoms with Gasteiger partial charge in [0.15, 0.2) is 11.3 Å². The molecule has 0 aliphatic rings. The summed E-state index contributed by atoms with van der Waals surface area (Å²) < 4.78 is 11.6. The monoisotopic (exact) mass is 492 g/mol. The highest BCUT2D eigenvalue weighted by Crippen LogP contribution is 2.35. The Hall–Kier alpha value is -3.74. The number of phenolic OH excluding ortho intramolecular Hbond substituents is 1. The van der Waals surface area contributed by atoms with Crippen LogP contribution in [-0.2, 0) is 0 Å². The number of halogens is 2. The van der Waals surface area contributed by atoms with Gasteiger partial charge in [-0.25, -0.2) is 4.98 Å². The molecule has 1 amide bonds. The smallest absolute Gasteiger partial charge is 0.291 e. The maximum Gasteiger partial charge on any atom is 0.291 e. The topological polar surface area (TPSA) is 88.5 Å². The summed E-state index contributed by atoms with van der Waals surface area (Å²) in [5.74, 6) is 0.277. The molecular weight excluding hydrogens is 475 g/mol. The van der Waals surface area contributed by atoms with Gasteiger partial charge in [-0.3, -0.25) is 4.79 Å². The number of hydrogen-bond donors (Lipinski definition) is 2. The Labute approximate surface area is 204 Å². The quantitative estimate of drug-likeness (QED) is 0.269. The minimum atomic E-state index is -0.476. The van der Waals surface area contributed by atoms with Gasteiger partial charge in [0.2, 0.25) is 5.89 Å². The molecule has 5 aromatic rings. The van der Waals surface area contributed by atoms with E-state index in [9.17, 15) is 9.90 Å². The van der Waals surface area contributed by atoms with Gasteiger partial charge in [0.25, 0.3) is 5.91 Å². The van der Waals surface area contributed by atoms with Crippen LogP contribution in [0.4, 0.5) is 5.69 Å². The van der Waals surface area contributed by atoms with Gasteiger partial charge in [-0.2, -0.15) is 0 Å². The van der Waals surface area contributed by atoms with Crippen LogP contribution in [0.15, 0.2) is 69.5 Å². The zero-order valence-corrected chi connectivity index (χ0v) is 19.7. The van der Waals surface area contributed by atoms with Crippen LogP contribution in [0.25, 0.3) is 33.9 Å². The van der Waals surface area contributed by atoms with Crippen molar-refractivity contribution in [2.45, 2.75) is 13.8 Å². The summed E-state index contributed by atoms with van der Waals surface area (Å²) in [7, 11) is 0. The summed E-state index contributed by atoms with van der Waals surface area (Å²) in [6.07, 6.45) is 0. The number of phenols is 1. The summed E-state index contributed by atoms with van der Waals surface area (Å²) in [5, 5.41) is 14.2. The molecule has 8 heteroatoms. The summed E-state index contributed by atoms with van der Waals surface area (Å²) in [6, 6.07) is 16.9. The molecule has 0 radical (unpaired) electrons. The SMILES string of the molecule is Cc1cc(C)c2oc(-c3ccc(NC(=O)c4ccc(-c5ccc(Cl)cc5Cl)o4)cc3O)nc2c1. The maximum atomic E-state index is 12.7. The average Bonchev–Trinajstić information content (AvgIpc) is 3.41. The van der Waals surface area contributed by atoms with E-state index in [-0.39, 0.29) is 11.5 Å². The normalized spacial score (nSPS) is 11.2. The van der Waals surface area contributed by atoms with Crippen LogP contribution in [0.1, 0.15) is 21.7 Å². The lowest BCUT2D eigenvalue weighted by Crippen LogP contribution is -2.10. The van der Waals surface area contributed by atoms with E-state index in [1.807, 2.05) is 26.0 Å². The number of anilines is 1. The first-order valence-electron chi connectivity index (χ1n) is 10.4. The van der Waals surface area contributed by atoms with Crippen molar-refractivity contribution in [2.24, 2.45) is 0 Å². The molecule has 3 aromatic carbocycles. The highest BCUT2D eigenvalue weighted by molar-refractivity contribution is 6.36. The van der Waals surface area contributed by atoms with E-state index < -0.39 is 5.91 Å². The second-order valence-electron chi connectivity index (χ2n) is 7.92. The predicted octanol–water partition coefficient (Wildman–Crippen LogP) is 7.64. The second-order valence-corrected chi connectivity index (χ2v) is 8.77. The molecule has 5 rings (SSSR count). The zero-order chi connectivity index (χ0) is 24.0. The number of aromatic hydroxyl groups is 1. The minimum absolute atomic E-state index is 0.0770. The molecule has 2 N–H and O–H groups in total. The largest absolute Gasteiger partial charge is 0.507 e. The van der Waals surface area contributed by atoms with E-state index in [2.05, 4.69) is 10.3 Å². The number of hydrogen-bond acceptors (Lipinski definition) is 5. The summed E-state index contributed by atoms with van der Waals surface area (Å²) in [4.78, 5) is 17.2. The van der Waals surface area contributed by atoms with Crippen LogP contribution in [0.2, 0.25) is 10.0 Å². The number of oxazole rings is 1. The number of nitrogens with zero attached hydrogens (tertiary/aromatic N) is 1. The molecule has 0 spiro atoms. The molecule has 0 saturated carbocycles. The Balaban J connectivity index is 1.37. The predicted molar refractivity (Wildman–Crippen MR) is 133 cm³/mol. The van der Waals surface area contributed by atoms with Crippen molar-refractivity contribution in [3.63, 3.8) is 0 Å². The van der Waals surface area contributed by atoms with Crippen molar-refractivity contribution >= 4 is 45.9 Å². The molecule has 0 saturated heterocycles. The molecule has 0 atom stereocenters. The van der Waals surface area contributed by atoms with Crippen LogP contribution in [0, 0.1) is 13.8 Å². The van der Waals surface area contributed by atoms with Crippen molar-refractivity contribution in [3.8, 4) is 28.5 Å². The molecule has 2 heterocycles. The van der Waals surface area contributed by atoms with E-state index >= 15 is 0 Å². The molecule has 6 nitrogen and oxygen atoms in total. The molecule has 34 heavy (non-hydrogen) atoms. The molecule has 0 aliphatic heterocycles. The fourth-order valence-corrected chi connectivity index (χ4v) is 4.27. The molecule has 2 aromatic heterocycles. The Morgan fingerprint density at radius 1 is 0.941 bits per heavy atom. The number of nitrogens with one attached hydrogen (secondary N) is 1. The number of fused-ring (bicyclic) bond motifs is 1. The average molecular weight is 493 g/mol. The molecule has 0 bridgehead atoms. The second kappa shape index (κ2) is 8.56. The Morgan fingerprint density at radius 2 is 1.74 bits per heavy atom. The number of aryl methyl sites for hydroxylation is 2. The molecule has 0 aliphatic carbocycles. The first-order valence-corrected chi connectivity index (χ1v) is 11.1. The van der Waals surface area contributed by atoms with Gasteiger partial charge in [0.1, 0.15) is 17.0 Å². The Morgan fingerprint density at radius 3 is 2.50 bits per heavy atom. The van der Waals surface area contributed by atoms with Gasteiger partial charge in [-0.15, -0.1) is 0 Å². The first kappa shape index (κ1) is 22.1. The third-order valence-electron chi connectivity index (χ3n) is 5.33. The van der Waals surface area contributed by atoms with Gasteiger partial charge >= 0.3 is 0 Å². The first-order chi connectivity index (χ1) is 16.3. The highest BCUT2D eigenvalue weighted by Gasteiger charge is 2.17. The van der Waals surface area contributed by atoms with Crippen molar-refractivity contribution < 1.29 is 18.7 Å². The number of furan rings is 1. The number of carbonyl (C=O) groups is 1. The van der Waals surface area contributed by atoms with Gasteiger partial charge in [-0.1, -0.05) is 29.3 Å². The van der Waals surface area contributed by atoms with Gasteiger partial charge in [0, 0.05) is 22.3 Å². The molecular formula is C26H18Cl2N2O4. The van der Waals surface area contributed by atoms with E-state index in [1.165, 1.54) is 6.07 Å². The standard InChI is InChI=1S/C26H18Cl2N2O4/c1-13-9-14(2)24-20(10-13)30-26(34-24)18-6-4-16(12-21(18)31)29-25(32)23-8-7-22(33-23)17-5-3-15(27)11-19(17)28/h3-12,31H,1-2H3,(H,29,32). The van der Waals surface area contributed by atoms with Gasteiger partial charge in [-0.05, 0) is 73.5 Å². The lowest BCUT2D eigenvalue weighted by molar-refractivity contribution is 0.0997. The zero-order valence-electron chi connectivity index (χ0n) is 18.1. The summed E-state index contributed by atoms with van der Waals surface area (Å²) in [6.45, 7) is 3.94. The Kier molecular flexibility index (Phi) is 5.55. The third kappa shape index (κ3) is 4.14.